The predicted molar refractivity (Wildman–Crippen MR) is 61.4 cm³/mol. The van der Waals surface area contributed by atoms with Gasteiger partial charge >= 0.3 is 5.97 Å². The lowest BCUT2D eigenvalue weighted by atomic mass is 10.1. The first-order chi connectivity index (χ1) is 7.63. The van der Waals surface area contributed by atoms with Crippen molar-refractivity contribution in [1.29, 1.82) is 0 Å². The molecule has 0 radical (unpaired) electrons. The third kappa shape index (κ3) is 4.00. The van der Waals surface area contributed by atoms with Gasteiger partial charge < -0.3 is 15.5 Å². The Kier molecular flexibility index (Phi) is 4.95. The second kappa shape index (κ2) is 6.25. The summed E-state index contributed by atoms with van der Waals surface area (Å²) in [7, 11) is 0. The van der Waals surface area contributed by atoms with Crippen molar-refractivity contribution in [1.82, 2.24) is 5.32 Å². The van der Waals surface area contributed by atoms with Crippen LogP contribution in [0.2, 0.25) is 0 Å². The van der Waals surface area contributed by atoms with Gasteiger partial charge in [0.25, 0.3) is 0 Å². The Hall–Kier alpha value is -1.39. The third-order valence-electron chi connectivity index (χ3n) is 2.31. The van der Waals surface area contributed by atoms with Crippen LogP contribution in [0.5, 0.6) is 0 Å². The Morgan fingerprint density at radius 2 is 2.25 bits per heavy atom. The van der Waals surface area contributed by atoms with Crippen molar-refractivity contribution in [2.75, 3.05) is 13.2 Å². The molecule has 1 rings (SSSR count). The monoisotopic (exact) mass is 223 g/mol. The second-order valence-corrected chi connectivity index (χ2v) is 3.92. The van der Waals surface area contributed by atoms with E-state index in [9.17, 15) is 4.79 Å². The van der Waals surface area contributed by atoms with Crippen LogP contribution in [-0.2, 0) is 6.54 Å². The number of aliphatic hydroxyl groups excluding tert-OH is 1. The van der Waals surface area contributed by atoms with Gasteiger partial charge in [-0.25, -0.2) is 4.79 Å². The fourth-order valence-electron chi connectivity index (χ4n) is 1.34. The Morgan fingerprint density at radius 3 is 2.88 bits per heavy atom. The Balaban J connectivity index is 2.48. The summed E-state index contributed by atoms with van der Waals surface area (Å²) in [6.07, 6.45) is 0. The number of rotatable bonds is 6. The van der Waals surface area contributed by atoms with E-state index in [0.717, 1.165) is 5.56 Å². The fourth-order valence-corrected chi connectivity index (χ4v) is 1.34. The van der Waals surface area contributed by atoms with Crippen molar-refractivity contribution in [3.8, 4) is 0 Å². The predicted octanol–water partition coefficient (Wildman–Crippen LogP) is 1.10. The van der Waals surface area contributed by atoms with Crippen LogP contribution in [0.3, 0.4) is 0 Å². The number of carboxylic acids is 1. The molecule has 88 valence electrons. The molecule has 16 heavy (non-hydrogen) atoms. The zero-order valence-corrected chi connectivity index (χ0v) is 9.31. The van der Waals surface area contributed by atoms with Crippen molar-refractivity contribution in [3.63, 3.8) is 0 Å². The zero-order chi connectivity index (χ0) is 12.0. The van der Waals surface area contributed by atoms with Gasteiger partial charge in [0.15, 0.2) is 0 Å². The van der Waals surface area contributed by atoms with Gasteiger partial charge in [-0.15, -0.1) is 0 Å². The minimum Gasteiger partial charge on any atom is -0.478 e. The summed E-state index contributed by atoms with van der Waals surface area (Å²) >= 11 is 0. The maximum atomic E-state index is 10.7. The number of aliphatic hydroxyl groups is 1. The Morgan fingerprint density at radius 1 is 1.50 bits per heavy atom. The van der Waals surface area contributed by atoms with E-state index in [1.807, 2.05) is 13.0 Å². The van der Waals surface area contributed by atoms with Crippen molar-refractivity contribution >= 4 is 5.97 Å². The van der Waals surface area contributed by atoms with Crippen LogP contribution in [0, 0.1) is 5.92 Å². The summed E-state index contributed by atoms with van der Waals surface area (Å²) in [5, 5.41) is 20.8. The molecule has 0 spiro atoms. The molecule has 0 heterocycles. The highest BCUT2D eigenvalue weighted by molar-refractivity contribution is 5.87. The first-order valence-corrected chi connectivity index (χ1v) is 5.27. The van der Waals surface area contributed by atoms with Crippen molar-refractivity contribution in [3.05, 3.63) is 35.4 Å². The molecule has 0 bridgehead atoms. The standard InChI is InChI=1S/C12H17NO3/c1-9(8-14)6-13-7-10-3-2-4-11(5-10)12(15)16/h2-5,9,13-14H,6-8H2,1H3,(H,15,16). The smallest absolute Gasteiger partial charge is 0.335 e. The Bertz CT molecular complexity index is 352. The topological polar surface area (TPSA) is 69.6 Å². The number of aromatic carboxylic acids is 1. The lowest BCUT2D eigenvalue weighted by molar-refractivity contribution is 0.0696. The quantitative estimate of drug-likeness (QED) is 0.675. The van der Waals surface area contributed by atoms with Crippen LogP contribution in [0.1, 0.15) is 22.8 Å². The van der Waals surface area contributed by atoms with Crippen molar-refractivity contribution in [2.24, 2.45) is 5.92 Å². The average Bonchev–Trinajstić information content (AvgIpc) is 2.29. The van der Waals surface area contributed by atoms with Crippen LogP contribution < -0.4 is 5.32 Å². The fraction of sp³-hybridized carbons (Fsp3) is 0.417. The molecule has 1 atom stereocenters. The lowest BCUT2D eigenvalue weighted by Crippen LogP contribution is -2.22. The summed E-state index contributed by atoms with van der Waals surface area (Å²) in [6, 6.07) is 6.83. The van der Waals surface area contributed by atoms with Crippen LogP contribution in [-0.4, -0.2) is 29.3 Å². The molecule has 4 nitrogen and oxygen atoms in total. The van der Waals surface area contributed by atoms with E-state index in [-0.39, 0.29) is 12.5 Å². The highest BCUT2D eigenvalue weighted by Crippen LogP contribution is 2.05. The minimum absolute atomic E-state index is 0.155. The first kappa shape index (κ1) is 12.7. The summed E-state index contributed by atoms with van der Waals surface area (Å²) in [5.41, 5.74) is 1.24. The van der Waals surface area contributed by atoms with E-state index in [0.29, 0.717) is 18.7 Å². The van der Waals surface area contributed by atoms with E-state index in [2.05, 4.69) is 5.32 Å². The molecule has 1 aromatic carbocycles. The molecular weight excluding hydrogens is 206 g/mol. The molecule has 0 saturated heterocycles. The maximum absolute atomic E-state index is 10.7. The molecule has 1 aromatic rings. The summed E-state index contributed by atoms with van der Waals surface area (Å²) < 4.78 is 0. The van der Waals surface area contributed by atoms with Crippen molar-refractivity contribution < 1.29 is 15.0 Å². The zero-order valence-electron chi connectivity index (χ0n) is 9.31. The molecule has 3 N–H and O–H groups in total. The van der Waals surface area contributed by atoms with E-state index in [1.165, 1.54) is 0 Å². The highest BCUT2D eigenvalue weighted by Gasteiger charge is 2.03. The summed E-state index contributed by atoms with van der Waals surface area (Å²) in [6.45, 7) is 3.43. The van der Waals surface area contributed by atoms with Crippen LogP contribution in [0.25, 0.3) is 0 Å². The molecule has 0 saturated carbocycles. The number of benzene rings is 1. The number of carbonyl (C=O) groups is 1. The highest BCUT2D eigenvalue weighted by atomic mass is 16.4. The van der Waals surface area contributed by atoms with Gasteiger partial charge in [0.05, 0.1) is 5.56 Å². The molecule has 0 amide bonds. The normalized spacial score (nSPS) is 12.4. The minimum atomic E-state index is -0.912. The third-order valence-corrected chi connectivity index (χ3v) is 2.31. The molecule has 4 heteroatoms. The van der Waals surface area contributed by atoms with Gasteiger partial charge in [-0.3, -0.25) is 0 Å². The van der Waals surface area contributed by atoms with Crippen LogP contribution in [0.4, 0.5) is 0 Å². The van der Waals surface area contributed by atoms with E-state index in [4.69, 9.17) is 10.2 Å². The number of hydrogen-bond acceptors (Lipinski definition) is 3. The van der Waals surface area contributed by atoms with Crippen LogP contribution in [0.15, 0.2) is 24.3 Å². The van der Waals surface area contributed by atoms with Crippen molar-refractivity contribution in [2.45, 2.75) is 13.5 Å². The van der Waals surface area contributed by atoms with Gasteiger partial charge in [0, 0.05) is 19.7 Å². The Labute approximate surface area is 94.9 Å². The number of carboxylic acid groups (broad SMARTS) is 1. The molecule has 0 aromatic heterocycles. The van der Waals surface area contributed by atoms with E-state index < -0.39 is 5.97 Å². The van der Waals surface area contributed by atoms with Gasteiger partial charge in [-0.1, -0.05) is 19.1 Å². The second-order valence-electron chi connectivity index (χ2n) is 3.92. The SMILES string of the molecule is CC(CO)CNCc1cccc(C(=O)O)c1. The molecule has 0 aliphatic heterocycles. The molecule has 1 unspecified atom stereocenters. The lowest BCUT2D eigenvalue weighted by Gasteiger charge is -2.09. The van der Waals surface area contributed by atoms with E-state index in [1.54, 1.807) is 18.2 Å². The number of nitrogens with one attached hydrogen (secondary N) is 1. The van der Waals surface area contributed by atoms with Gasteiger partial charge in [-0.05, 0) is 23.6 Å². The summed E-state index contributed by atoms with van der Waals surface area (Å²) in [4.78, 5) is 10.7. The van der Waals surface area contributed by atoms with Gasteiger partial charge in [0.2, 0.25) is 0 Å². The largest absolute Gasteiger partial charge is 0.478 e. The van der Waals surface area contributed by atoms with Crippen LogP contribution >= 0.6 is 0 Å². The number of hydrogen-bond donors (Lipinski definition) is 3. The molecule has 0 aliphatic rings. The van der Waals surface area contributed by atoms with Gasteiger partial charge in [0.1, 0.15) is 0 Å². The van der Waals surface area contributed by atoms with Gasteiger partial charge in [-0.2, -0.15) is 0 Å². The molecular formula is C12H17NO3. The molecule has 0 fully saturated rings. The maximum Gasteiger partial charge on any atom is 0.335 e. The first-order valence-electron chi connectivity index (χ1n) is 5.27. The average molecular weight is 223 g/mol. The van der Waals surface area contributed by atoms with E-state index >= 15 is 0 Å². The summed E-state index contributed by atoms with van der Waals surface area (Å²) in [5.74, 6) is -0.701. The molecule has 0 aliphatic carbocycles.